The molecule has 0 aliphatic carbocycles. The molecule has 0 amide bonds. The fraction of sp³-hybridized carbons (Fsp3) is 1.00. The highest BCUT2D eigenvalue weighted by Gasteiger charge is 2.23. The van der Waals surface area contributed by atoms with Crippen LogP contribution >= 0.6 is 0 Å². The van der Waals surface area contributed by atoms with Gasteiger partial charge in [-0.25, -0.2) is 0 Å². The molecule has 0 atom stereocenters. The fourth-order valence-electron chi connectivity index (χ4n) is 0.818. The summed E-state index contributed by atoms with van der Waals surface area (Å²) < 4.78 is 0. The average molecular weight is 159 g/mol. The van der Waals surface area contributed by atoms with Crippen molar-refractivity contribution >= 4 is 0 Å². The number of aliphatic hydroxyl groups is 1. The molecule has 0 unspecified atom stereocenters. The molecule has 0 rings (SSSR count). The largest absolute Gasteiger partial charge is 0.389 e. The Balaban J connectivity index is 3.99. The van der Waals surface area contributed by atoms with Gasteiger partial charge in [-0.3, -0.25) is 4.90 Å². The maximum Gasteiger partial charge on any atom is 0.0718 e. The van der Waals surface area contributed by atoms with Crippen LogP contribution < -0.4 is 0 Å². The lowest BCUT2D eigenvalue weighted by molar-refractivity contribution is 0.0164. The van der Waals surface area contributed by atoms with Gasteiger partial charge in [-0.2, -0.15) is 0 Å². The second kappa shape index (κ2) is 3.11. The van der Waals surface area contributed by atoms with Crippen LogP contribution in [0.3, 0.4) is 0 Å². The number of nitrogens with zero attached hydrogens (tertiary/aromatic N) is 1. The van der Waals surface area contributed by atoms with Crippen LogP contribution in [0.1, 0.15) is 34.6 Å². The summed E-state index contributed by atoms with van der Waals surface area (Å²) in [6.07, 6.45) is 0. The third-order valence-electron chi connectivity index (χ3n) is 1.77. The lowest BCUT2D eigenvalue weighted by Gasteiger charge is -2.35. The molecule has 0 fully saturated rings. The van der Waals surface area contributed by atoms with Gasteiger partial charge in [0.2, 0.25) is 0 Å². The Bertz CT molecular complexity index is 119. The number of β-amino-alcohol motifs (C(OH)–C–C–N with tert-alkyl or cyclic N) is 1. The van der Waals surface area contributed by atoms with Crippen LogP contribution in [-0.2, 0) is 0 Å². The van der Waals surface area contributed by atoms with Crippen molar-refractivity contribution in [2.45, 2.75) is 45.8 Å². The molecule has 1 N–H and O–H groups in total. The van der Waals surface area contributed by atoms with Gasteiger partial charge in [0.25, 0.3) is 0 Å². The normalized spacial score (nSPS) is 14.2. The minimum atomic E-state index is -0.595. The predicted molar refractivity (Wildman–Crippen MR) is 48.7 cm³/mol. The third-order valence-corrected chi connectivity index (χ3v) is 1.77. The van der Waals surface area contributed by atoms with E-state index in [0.29, 0.717) is 6.54 Å². The quantitative estimate of drug-likeness (QED) is 0.660. The van der Waals surface area contributed by atoms with Gasteiger partial charge in [-0.05, 0) is 41.7 Å². The van der Waals surface area contributed by atoms with Gasteiger partial charge in [-0.15, -0.1) is 0 Å². The summed E-state index contributed by atoms with van der Waals surface area (Å²) in [5.41, 5.74) is -0.456. The molecule has 0 aromatic rings. The van der Waals surface area contributed by atoms with Crippen LogP contribution in [0.5, 0.6) is 0 Å². The van der Waals surface area contributed by atoms with Gasteiger partial charge in [0, 0.05) is 12.1 Å². The second-order valence-electron chi connectivity index (χ2n) is 4.84. The van der Waals surface area contributed by atoms with Gasteiger partial charge in [0.05, 0.1) is 5.60 Å². The summed E-state index contributed by atoms with van der Waals surface area (Å²) in [6, 6.07) is 0. The van der Waals surface area contributed by atoms with E-state index in [4.69, 9.17) is 0 Å². The standard InChI is InChI=1S/C9H21NO/c1-8(2,3)10(6)7-9(4,5)11/h11H,7H2,1-6H3. The van der Waals surface area contributed by atoms with E-state index in [-0.39, 0.29) is 5.54 Å². The first-order chi connectivity index (χ1) is 4.63. The molecule has 2 heteroatoms. The van der Waals surface area contributed by atoms with E-state index in [1.54, 1.807) is 0 Å². The van der Waals surface area contributed by atoms with Crippen LogP contribution in [0, 0.1) is 0 Å². The molecule has 0 saturated carbocycles. The molecular weight excluding hydrogens is 138 g/mol. The summed E-state index contributed by atoms with van der Waals surface area (Å²) in [5.74, 6) is 0. The fourth-order valence-corrected chi connectivity index (χ4v) is 0.818. The second-order valence-corrected chi connectivity index (χ2v) is 4.84. The van der Waals surface area contributed by atoms with Crippen LogP contribution in [-0.4, -0.2) is 34.7 Å². The third kappa shape index (κ3) is 5.22. The summed E-state index contributed by atoms with van der Waals surface area (Å²) in [6.45, 7) is 10.8. The molecule has 68 valence electrons. The lowest BCUT2D eigenvalue weighted by atomic mass is 10.0. The maximum absolute atomic E-state index is 9.51. The van der Waals surface area contributed by atoms with Crippen molar-refractivity contribution in [3.8, 4) is 0 Å². The zero-order valence-electron chi connectivity index (χ0n) is 8.60. The van der Waals surface area contributed by atoms with Crippen molar-refractivity contribution in [2.75, 3.05) is 13.6 Å². The van der Waals surface area contributed by atoms with Gasteiger partial charge in [0.15, 0.2) is 0 Å². The van der Waals surface area contributed by atoms with Crippen molar-refractivity contribution in [3.63, 3.8) is 0 Å². The molecule has 0 saturated heterocycles. The summed E-state index contributed by atoms with van der Waals surface area (Å²) >= 11 is 0. The lowest BCUT2D eigenvalue weighted by Crippen LogP contribution is -2.46. The number of hydrogen-bond acceptors (Lipinski definition) is 2. The minimum absolute atomic E-state index is 0.139. The highest BCUT2D eigenvalue weighted by Crippen LogP contribution is 2.14. The molecule has 0 heterocycles. The Morgan fingerprint density at radius 2 is 1.45 bits per heavy atom. The van der Waals surface area contributed by atoms with Crippen molar-refractivity contribution in [2.24, 2.45) is 0 Å². The van der Waals surface area contributed by atoms with Gasteiger partial charge < -0.3 is 5.11 Å². The summed E-state index contributed by atoms with van der Waals surface area (Å²) in [5, 5.41) is 9.51. The molecule has 0 aromatic heterocycles. The number of rotatable bonds is 2. The molecule has 0 aromatic carbocycles. The van der Waals surface area contributed by atoms with E-state index in [1.165, 1.54) is 0 Å². The molecule has 0 aliphatic heterocycles. The molecule has 0 radical (unpaired) electrons. The Kier molecular flexibility index (Phi) is 3.09. The van der Waals surface area contributed by atoms with Crippen LogP contribution in [0.4, 0.5) is 0 Å². The van der Waals surface area contributed by atoms with E-state index in [2.05, 4.69) is 25.7 Å². The van der Waals surface area contributed by atoms with E-state index in [1.807, 2.05) is 20.9 Å². The first kappa shape index (κ1) is 10.9. The molecular formula is C9H21NO. The smallest absolute Gasteiger partial charge is 0.0718 e. The SMILES string of the molecule is CN(CC(C)(C)O)C(C)(C)C. The van der Waals surface area contributed by atoms with Gasteiger partial charge >= 0.3 is 0 Å². The summed E-state index contributed by atoms with van der Waals surface area (Å²) in [4.78, 5) is 2.15. The maximum atomic E-state index is 9.51. The van der Waals surface area contributed by atoms with E-state index in [9.17, 15) is 5.11 Å². The van der Waals surface area contributed by atoms with Crippen molar-refractivity contribution in [3.05, 3.63) is 0 Å². The van der Waals surface area contributed by atoms with E-state index >= 15 is 0 Å². The van der Waals surface area contributed by atoms with Crippen molar-refractivity contribution < 1.29 is 5.11 Å². The van der Waals surface area contributed by atoms with Gasteiger partial charge in [-0.1, -0.05) is 0 Å². The first-order valence-electron chi connectivity index (χ1n) is 4.06. The Hall–Kier alpha value is -0.0800. The minimum Gasteiger partial charge on any atom is -0.389 e. The molecule has 2 nitrogen and oxygen atoms in total. The van der Waals surface area contributed by atoms with E-state index < -0.39 is 5.60 Å². The van der Waals surface area contributed by atoms with Crippen molar-refractivity contribution in [1.82, 2.24) is 4.90 Å². The van der Waals surface area contributed by atoms with Crippen LogP contribution in [0.15, 0.2) is 0 Å². The Morgan fingerprint density at radius 3 is 1.55 bits per heavy atom. The first-order valence-corrected chi connectivity index (χ1v) is 4.06. The predicted octanol–water partition coefficient (Wildman–Crippen LogP) is 1.49. The Morgan fingerprint density at radius 1 is 1.09 bits per heavy atom. The highest BCUT2D eigenvalue weighted by atomic mass is 16.3. The Labute approximate surface area is 70.2 Å². The number of likely N-dealkylation sites (N-methyl/N-ethyl adjacent to an activating group) is 1. The zero-order valence-corrected chi connectivity index (χ0v) is 8.60. The monoisotopic (exact) mass is 159 g/mol. The van der Waals surface area contributed by atoms with Gasteiger partial charge in [0.1, 0.15) is 0 Å². The summed E-state index contributed by atoms with van der Waals surface area (Å²) in [7, 11) is 2.03. The van der Waals surface area contributed by atoms with Crippen LogP contribution in [0.2, 0.25) is 0 Å². The zero-order chi connectivity index (χ0) is 9.28. The molecule has 0 bridgehead atoms. The van der Waals surface area contributed by atoms with Crippen molar-refractivity contribution in [1.29, 1.82) is 0 Å². The molecule has 11 heavy (non-hydrogen) atoms. The number of hydrogen-bond donors (Lipinski definition) is 1. The molecule has 0 spiro atoms. The molecule has 0 aliphatic rings. The topological polar surface area (TPSA) is 23.5 Å². The van der Waals surface area contributed by atoms with Crippen LogP contribution in [0.25, 0.3) is 0 Å². The van der Waals surface area contributed by atoms with E-state index in [0.717, 1.165) is 0 Å². The average Bonchev–Trinajstić information content (AvgIpc) is 1.56. The highest BCUT2D eigenvalue weighted by molar-refractivity contribution is 4.78.